The van der Waals surface area contributed by atoms with Crippen molar-refractivity contribution in [1.82, 2.24) is 0 Å². The van der Waals surface area contributed by atoms with E-state index in [1.165, 1.54) is 12.0 Å². The number of rotatable bonds is 6. The van der Waals surface area contributed by atoms with Gasteiger partial charge in [-0.1, -0.05) is 59.3 Å². The van der Waals surface area contributed by atoms with E-state index < -0.39 is 27.2 Å². The van der Waals surface area contributed by atoms with E-state index in [0.717, 1.165) is 25.5 Å². The van der Waals surface area contributed by atoms with Crippen LogP contribution in [0.4, 0.5) is 0 Å². The molecule has 0 heterocycles. The van der Waals surface area contributed by atoms with Crippen LogP contribution >= 0.6 is 0 Å². The van der Waals surface area contributed by atoms with E-state index in [4.69, 9.17) is 4.18 Å². The molecule has 3 fully saturated rings. The molecule has 4 aliphatic carbocycles. The van der Waals surface area contributed by atoms with E-state index in [1.807, 2.05) is 0 Å². The van der Waals surface area contributed by atoms with Gasteiger partial charge in [-0.15, -0.1) is 0 Å². The van der Waals surface area contributed by atoms with Crippen molar-refractivity contribution in [3.05, 3.63) is 23.8 Å². The van der Waals surface area contributed by atoms with Gasteiger partial charge in [0.25, 0.3) is 10.1 Å². The second-order valence-corrected chi connectivity index (χ2v) is 14.7. The molecule has 3 saturated carbocycles. The van der Waals surface area contributed by atoms with Crippen LogP contribution in [0.2, 0.25) is 0 Å². The number of fused-ring (bicyclic) bond motifs is 5. The highest BCUT2D eigenvalue weighted by atomic mass is 32.2. The van der Waals surface area contributed by atoms with Crippen molar-refractivity contribution in [3.8, 4) is 0 Å². The second kappa shape index (κ2) is 9.09. The highest BCUT2D eigenvalue weighted by molar-refractivity contribution is 7.86. The third-order valence-corrected chi connectivity index (χ3v) is 11.5. The minimum atomic E-state index is -3.64. The molecule has 4 rings (SSSR count). The van der Waals surface area contributed by atoms with Crippen LogP contribution in [0.5, 0.6) is 0 Å². The predicted octanol–water partition coefficient (Wildman–Crippen LogP) is 5.69. The van der Waals surface area contributed by atoms with Crippen molar-refractivity contribution in [2.75, 3.05) is 6.26 Å². The monoisotopic (exact) mass is 506 g/mol. The Morgan fingerprint density at radius 1 is 1.03 bits per heavy atom. The van der Waals surface area contributed by atoms with Gasteiger partial charge in [0, 0.05) is 11.8 Å². The summed E-state index contributed by atoms with van der Waals surface area (Å²) in [5.74, 6) is 2.58. The minimum Gasteiger partial charge on any atom is -0.381 e. The fourth-order valence-corrected chi connectivity index (χ4v) is 8.93. The van der Waals surface area contributed by atoms with Gasteiger partial charge < -0.3 is 5.11 Å². The molecule has 198 valence electrons. The molecule has 0 aromatic heterocycles. The molecular weight excluding hydrogens is 460 g/mol. The number of aliphatic hydroxyl groups is 1. The molecule has 0 radical (unpaired) electrons. The summed E-state index contributed by atoms with van der Waals surface area (Å²) in [5, 5.41) is 11.8. The third-order valence-electron chi connectivity index (χ3n) is 10.8. The first-order valence-electron chi connectivity index (χ1n) is 13.7. The van der Waals surface area contributed by atoms with E-state index in [9.17, 15) is 18.3 Å². The van der Waals surface area contributed by atoms with Crippen molar-refractivity contribution in [1.29, 1.82) is 0 Å². The van der Waals surface area contributed by atoms with E-state index in [0.29, 0.717) is 42.4 Å². The SMILES string of the molecule is CC(C)[C@@H](C)/C=C/[C@@H](C)[C@H]1CC[C@H]2C3=CC(=O)[C@@]4(O)C[C@@H](OS(C)(=O)=O)CC[C@]4(C)[C@H]3CC[C@]12C. The Morgan fingerprint density at radius 3 is 2.34 bits per heavy atom. The molecule has 4 aliphatic rings. The summed E-state index contributed by atoms with van der Waals surface area (Å²) in [6.07, 6.45) is 12.5. The standard InChI is InChI=1S/C29H46O5S/c1-18(2)19(3)8-9-20(4)23-10-11-24-22-16-26(30)29(31)17-21(34-35(7,32)33)12-15-28(29,6)25(22)13-14-27(23,24)5/h8-9,16,18-21,23-25,31H,10-15,17H2,1-7H3/b9-8+/t19-,20+,21-,23+,24-,25-,27+,28+,29-/m0/s1. The van der Waals surface area contributed by atoms with Crippen LogP contribution in [0.3, 0.4) is 0 Å². The van der Waals surface area contributed by atoms with Crippen LogP contribution in [-0.2, 0) is 19.1 Å². The normalized spacial score (nSPS) is 43.5. The number of ketones is 1. The van der Waals surface area contributed by atoms with Gasteiger partial charge in [0.2, 0.25) is 0 Å². The molecule has 0 amide bonds. The summed E-state index contributed by atoms with van der Waals surface area (Å²) in [7, 11) is -3.64. The second-order valence-electron chi connectivity index (χ2n) is 13.1. The van der Waals surface area contributed by atoms with Gasteiger partial charge >= 0.3 is 0 Å². The Labute approximate surface area is 212 Å². The lowest BCUT2D eigenvalue weighted by molar-refractivity contribution is -0.178. The number of hydrogen-bond acceptors (Lipinski definition) is 5. The first-order chi connectivity index (χ1) is 16.1. The minimum absolute atomic E-state index is 0.0517. The van der Waals surface area contributed by atoms with Gasteiger partial charge in [0.05, 0.1) is 12.4 Å². The van der Waals surface area contributed by atoms with Crippen molar-refractivity contribution < 1.29 is 22.5 Å². The van der Waals surface area contributed by atoms with Gasteiger partial charge in [0.1, 0.15) is 5.60 Å². The molecule has 9 atom stereocenters. The van der Waals surface area contributed by atoms with Gasteiger partial charge in [-0.3, -0.25) is 8.98 Å². The Hall–Kier alpha value is -0.980. The van der Waals surface area contributed by atoms with Crippen LogP contribution in [0, 0.1) is 46.3 Å². The maximum atomic E-state index is 13.5. The molecule has 5 nitrogen and oxygen atoms in total. The molecule has 0 unspecified atom stereocenters. The lowest BCUT2D eigenvalue weighted by Crippen LogP contribution is -2.64. The van der Waals surface area contributed by atoms with Crippen LogP contribution in [0.1, 0.15) is 86.5 Å². The quantitative estimate of drug-likeness (QED) is 0.370. The highest BCUT2D eigenvalue weighted by Crippen LogP contribution is 2.67. The lowest BCUT2D eigenvalue weighted by Gasteiger charge is -2.60. The van der Waals surface area contributed by atoms with Crippen LogP contribution in [0.15, 0.2) is 23.8 Å². The maximum absolute atomic E-state index is 13.5. The summed E-state index contributed by atoms with van der Waals surface area (Å²) < 4.78 is 28.7. The Kier molecular flexibility index (Phi) is 7.03. The molecular formula is C29H46O5S. The van der Waals surface area contributed by atoms with Gasteiger partial charge in [-0.2, -0.15) is 8.42 Å². The van der Waals surface area contributed by atoms with Gasteiger partial charge in [-0.05, 0) is 85.5 Å². The summed E-state index contributed by atoms with van der Waals surface area (Å²) in [6, 6.07) is 0. The van der Waals surface area contributed by atoms with Crippen molar-refractivity contribution in [2.45, 2.75) is 98.2 Å². The first-order valence-corrected chi connectivity index (χ1v) is 15.5. The van der Waals surface area contributed by atoms with E-state index in [2.05, 4.69) is 53.7 Å². The van der Waals surface area contributed by atoms with Crippen molar-refractivity contribution >= 4 is 15.9 Å². The zero-order valence-corrected chi connectivity index (χ0v) is 23.5. The number of carbonyl (C=O) groups excluding carboxylic acids is 1. The van der Waals surface area contributed by atoms with Crippen molar-refractivity contribution in [2.24, 2.45) is 46.3 Å². The van der Waals surface area contributed by atoms with Crippen LogP contribution in [-0.4, -0.2) is 37.3 Å². The largest absolute Gasteiger partial charge is 0.381 e. The molecule has 0 aromatic rings. The molecule has 0 aromatic carbocycles. The average Bonchev–Trinajstić information content (AvgIpc) is 3.10. The fraction of sp³-hybridized carbons (Fsp3) is 0.828. The number of hydrogen-bond donors (Lipinski definition) is 1. The average molecular weight is 507 g/mol. The zero-order chi connectivity index (χ0) is 26.0. The Balaban J connectivity index is 1.60. The molecule has 35 heavy (non-hydrogen) atoms. The van der Waals surface area contributed by atoms with Crippen LogP contribution in [0.25, 0.3) is 0 Å². The topological polar surface area (TPSA) is 80.7 Å². The molecule has 0 bridgehead atoms. The van der Waals surface area contributed by atoms with E-state index >= 15 is 0 Å². The molecule has 0 saturated heterocycles. The molecule has 1 N–H and O–H groups in total. The first kappa shape index (κ1) is 27.1. The smallest absolute Gasteiger partial charge is 0.264 e. The predicted molar refractivity (Wildman–Crippen MR) is 139 cm³/mol. The van der Waals surface area contributed by atoms with E-state index in [-0.39, 0.29) is 23.5 Å². The summed E-state index contributed by atoms with van der Waals surface area (Å²) in [5.41, 5.74) is -0.727. The molecule has 0 spiro atoms. The highest BCUT2D eigenvalue weighted by Gasteiger charge is 2.65. The van der Waals surface area contributed by atoms with E-state index in [1.54, 1.807) is 6.08 Å². The number of carbonyl (C=O) groups is 1. The lowest BCUT2D eigenvalue weighted by atomic mass is 9.46. The summed E-state index contributed by atoms with van der Waals surface area (Å²) >= 11 is 0. The zero-order valence-electron chi connectivity index (χ0n) is 22.7. The summed E-state index contributed by atoms with van der Waals surface area (Å²) in [4.78, 5) is 13.5. The Morgan fingerprint density at radius 2 is 1.71 bits per heavy atom. The summed E-state index contributed by atoms with van der Waals surface area (Å²) in [6.45, 7) is 13.7. The Bertz CT molecular complexity index is 1010. The fourth-order valence-electron chi connectivity index (χ4n) is 8.27. The molecule has 6 heteroatoms. The molecule has 0 aliphatic heterocycles. The van der Waals surface area contributed by atoms with Gasteiger partial charge in [-0.25, -0.2) is 0 Å². The third kappa shape index (κ3) is 4.50. The van der Waals surface area contributed by atoms with Crippen LogP contribution < -0.4 is 0 Å². The van der Waals surface area contributed by atoms with Gasteiger partial charge in [0.15, 0.2) is 5.78 Å². The number of allylic oxidation sites excluding steroid dienone is 3. The van der Waals surface area contributed by atoms with Crippen molar-refractivity contribution in [3.63, 3.8) is 0 Å². The maximum Gasteiger partial charge on any atom is 0.264 e.